The summed E-state index contributed by atoms with van der Waals surface area (Å²) in [7, 11) is 0. The van der Waals surface area contributed by atoms with Gasteiger partial charge in [0.05, 0.1) is 6.04 Å². The highest BCUT2D eigenvalue weighted by Gasteiger charge is 2.33. The second-order valence-corrected chi connectivity index (χ2v) is 8.59. The average Bonchev–Trinajstić information content (AvgIpc) is 2.89. The van der Waals surface area contributed by atoms with Crippen LogP contribution in [0.25, 0.3) is 0 Å². The monoisotopic (exact) mass is 410 g/mol. The number of carbonyl (C=O) groups is 2. The second kappa shape index (κ2) is 9.00. The van der Waals surface area contributed by atoms with Crippen molar-refractivity contribution in [2.24, 2.45) is 5.92 Å². The van der Waals surface area contributed by atoms with Crippen LogP contribution < -0.4 is 5.32 Å². The first kappa shape index (κ1) is 20.0. The van der Waals surface area contributed by atoms with E-state index in [0.29, 0.717) is 17.4 Å². The van der Waals surface area contributed by atoms with Crippen LogP contribution in [0.4, 0.5) is 5.69 Å². The van der Waals surface area contributed by atoms with Gasteiger partial charge in [0, 0.05) is 22.7 Å². The summed E-state index contributed by atoms with van der Waals surface area (Å²) in [5.41, 5.74) is 2.56. The Bertz CT molecular complexity index is 878. The van der Waals surface area contributed by atoms with Crippen molar-refractivity contribution in [3.05, 3.63) is 64.7 Å². The Labute approximate surface area is 177 Å². The van der Waals surface area contributed by atoms with Crippen LogP contribution >= 0.6 is 11.6 Å². The lowest BCUT2D eigenvalue weighted by Gasteiger charge is -2.31. The molecule has 5 heteroatoms. The van der Waals surface area contributed by atoms with Crippen molar-refractivity contribution in [1.29, 1.82) is 0 Å². The number of fused-ring (bicyclic) bond motifs is 1. The van der Waals surface area contributed by atoms with E-state index in [-0.39, 0.29) is 24.4 Å². The zero-order valence-electron chi connectivity index (χ0n) is 16.6. The highest BCUT2D eigenvalue weighted by Crippen LogP contribution is 2.38. The highest BCUT2D eigenvalue weighted by molar-refractivity contribution is 6.30. The van der Waals surface area contributed by atoms with Crippen molar-refractivity contribution in [3.63, 3.8) is 0 Å². The van der Waals surface area contributed by atoms with Crippen LogP contribution in [0, 0.1) is 5.92 Å². The molecule has 4 nitrogen and oxygen atoms in total. The zero-order valence-corrected chi connectivity index (χ0v) is 17.3. The van der Waals surface area contributed by atoms with Crippen molar-refractivity contribution < 1.29 is 9.59 Å². The summed E-state index contributed by atoms with van der Waals surface area (Å²) < 4.78 is 0. The van der Waals surface area contributed by atoms with Crippen molar-refractivity contribution in [2.75, 3.05) is 11.9 Å². The molecule has 29 heavy (non-hydrogen) atoms. The normalized spacial score (nSPS) is 20.0. The van der Waals surface area contributed by atoms with Crippen molar-refractivity contribution in [2.45, 2.75) is 51.0 Å². The molecule has 0 bridgehead atoms. The van der Waals surface area contributed by atoms with E-state index in [0.717, 1.165) is 23.2 Å². The smallest absolute Gasteiger partial charge is 0.244 e. The largest absolute Gasteiger partial charge is 0.324 e. The summed E-state index contributed by atoms with van der Waals surface area (Å²) in [5, 5.41) is 3.54. The Morgan fingerprint density at radius 2 is 1.83 bits per heavy atom. The number of rotatable bonds is 4. The lowest BCUT2D eigenvalue weighted by molar-refractivity contribution is -0.136. The van der Waals surface area contributed by atoms with E-state index < -0.39 is 0 Å². The Hall–Kier alpha value is -2.33. The number of hydrogen-bond donors (Lipinski definition) is 1. The van der Waals surface area contributed by atoms with E-state index in [1.54, 1.807) is 11.0 Å². The van der Waals surface area contributed by atoms with Crippen LogP contribution in [0.1, 0.15) is 62.1 Å². The zero-order chi connectivity index (χ0) is 20.2. The standard InChI is InChI=1S/C24H27ClN2O2/c25-19-12-13-21-20(15-19)24(18-9-5-2-6-10-18)27(16-22(28)26-21)23(29)14-11-17-7-3-1-4-8-17/h2,5-6,9-10,12-13,15,17,24H,1,3-4,7-8,11,14,16H2,(H,26,28)/t24-/m1/s1. The first-order valence-corrected chi connectivity index (χ1v) is 10.9. The fraction of sp³-hybridized carbons (Fsp3) is 0.417. The molecular weight excluding hydrogens is 384 g/mol. The number of anilines is 1. The maximum absolute atomic E-state index is 13.3. The van der Waals surface area contributed by atoms with E-state index in [1.165, 1.54) is 32.1 Å². The van der Waals surface area contributed by atoms with E-state index in [1.807, 2.05) is 42.5 Å². The molecule has 4 rings (SSSR count). The van der Waals surface area contributed by atoms with Crippen LogP contribution in [-0.2, 0) is 9.59 Å². The minimum Gasteiger partial charge on any atom is -0.324 e. The number of benzene rings is 2. The molecule has 1 heterocycles. The number of halogens is 1. The predicted molar refractivity (Wildman–Crippen MR) is 116 cm³/mol. The maximum atomic E-state index is 13.3. The van der Waals surface area contributed by atoms with Gasteiger partial charge in [-0.15, -0.1) is 0 Å². The van der Waals surface area contributed by atoms with E-state index in [9.17, 15) is 9.59 Å². The average molecular weight is 411 g/mol. The minimum absolute atomic E-state index is 0.0346. The van der Waals surface area contributed by atoms with Gasteiger partial charge in [-0.05, 0) is 36.1 Å². The van der Waals surface area contributed by atoms with Gasteiger partial charge in [0.25, 0.3) is 0 Å². The molecule has 1 N–H and O–H groups in total. The van der Waals surface area contributed by atoms with Gasteiger partial charge in [-0.3, -0.25) is 9.59 Å². The SMILES string of the molecule is O=C1CN(C(=O)CCC2CCCCC2)[C@H](c2ccccc2)c2cc(Cl)ccc2N1. The summed E-state index contributed by atoms with van der Waals surface area (Å²) in [5.74, 6) is 0.496. The molecule has 2 aliphatic rings. The summed E-state index contributed by atoms with van der Waals surface area (Å²) in [6.45, 7) is 0.0510. The van der Waals surface area contributed by atoms with Gasteiger partial charge in [-0.1, -0.05) is 74.0 Å². The third kappa shape index (κ3) is 4.64. The van der Waals surface area contributed by atoms with Crippen LogP contribution in [0.3, 0.4) is 0 Å². The minimum atomic E-state index is -0.331. The second-order valence-electron chi connectivity index (χ2n) is 8.16. The summed E-state index contributed by atoms with van der Waals surface area (Å²) in [6.07, 6.45) is 7.66. The quantitative estimate of drug-likeness (QED) is 0.716. The predicted octanol–water partition coefficient (Wildman–Crippen LogP) is 5.57. The first-order valence-electron chi connectivity index (χ1n) is 10.6. The molecule has 152 valence electrons. The van der Waals surface area contributed by atoms with Gasteiger partial charge in [0.15, 0.2) is 0 Å². The molecule has 1 aliphatic carbocycles. The van der Waals surface area contributed by atoms with Gasteiger partial charge in [-0.2, -0.15) is 0 Å². The molecule has 1 atom stereocenters. The molecule has 0 saturated heterocycles. The maximum Gasteiger partial charge on any atom is 0.244 e. The van der Waals surface area contributed by atoms with Crippen LogP contribution in [0.5, 0.6) is 0 Å². The molecule has 1 saturated carbocycles. The van der Waals surface area contributed by atoms with E-state index in [4.69, 9.17) is 11.6 Å². The molecule has 0 spiro atoms. The molecule has 0 radical (unpaired) electrons. The lowest BCUT2D eigenvalue weighted by Crippen LogP contribution is -2.39. The Morgan fingerprint density at radius 3 is 2.59 bits per heavy atom. The molecule has 2 aromatic rings. The van der Waals surface area contributed by atoms with Crippen molar-refractivity contribution in [3.8, 4) is 0 Å². The van der Waals surface area contributed by atoms with Crippen LogP contribution in [0.15, 0.2) is 48.5 Å². The van der Waals surface area contributed by atoms with Crippen molar-refractivity contribution in [1.82, 2.24) is 4.90 Å². The molecule has 0 unspecified atom stereocenters. The summed E-state index contributed by atoms with van der Waals surface area (Å²) >= 11 is 6.29. The summed E-state index contributed by atoms with van der Waals surface area (Å²) in [6, 6.07) is 15.0. The van der Waals surface area contributed by atoms with Crippen LogP contribution in [0.2, 0.25) is 5.02 Å². The summed E-state index contributed by atoms with van der Waals surface area (Å²) in [4.78, 5) is 27.7. The topological polar surface area (TPSA) is 49.4 Å². The third-order valence-corrected chi connectivity index (χ3v) is 6.37. The fourth-order valence-electron chi connectivity index (χ4n) is 4.65. The highest BCUT2D eigenvalue weighted by atomic mass is 35.5. The molecule has 2 aromatic carbocycles. The van der Waals surface area contributed by atoms with Gasteiger partial charge in [-0.25, -0.2) is 0 Å². The lowest BCUT2D eigenvalue weighted by atomic mass is 9.86. The number of carbonyl (C=O) groups excluding carboxylic acids is 2. The van der Waals surface area contributed by atoms with Gasteiger partial charge < -0.3 is 10.2 Å². The fourth-order valence-corrected chi connectivity index (χ4v) is 4.83. The van der Waals surface area contributed by atoms with Crippen molar-refractivity contribution >= 4 is 29.1 Å². The Kier molecular flexibility index (Phi) is 6.19. The Morgan fingerprint density at radius 1 is 1.07 bits per heavy atom. The van der Waals surface area contributed by atoms with Gasteiger partial charge in [0.1, 0.15) is 6.54 Å². The molecule has 1 aliphatic heterocycles. The third-order valence-electron chi connectivity index (χ3n) is 6.13. The van der Waals surface area contributed by atoms with Crippen LogP contribution in [-0.4, -0.2) is 23.3 Å². The number of amides is 2. The van der Waals surface area contributed by atoms with E-state index in [2.05, 4.69) is 5.32 Å². The first-order chi connectivity index (χ1) is 14.1. The molecule has 2 amide bonds. The Balaban J connectivity index is 1.66. The molecule has 0 aromatic heterocycles. The van der Waals surface area contributed by atoms with E-state index >= 15 is 0 Å². The van der Waals surface area contributed by atoms with Gasteiger partial charge >= 0.3 is 0 Å². The van der Waals surface area contributed by atoms with Gasteiger partial charge in [0.2, 0.25) is 11.8 Å². The number of hydrogen-bond acceptors (Lipinski definition) is 2. The molecular formula is C24H27ClN2O2. The molecule has 1 fully saturated rings. The number of nitrogens with zero attached hydrogens (tertiary/aromatic N) is 1. The number of nitrogens with one attached hydrogen (secondary N) is 1.